The number of rotatable bonds is 5. The lowest BCUT2D eigenvalue weighted by Crippen LogP contribution is -2.20. The van der Waals surface area contributed by atoms with Gasteiger partial charge in [0.25, 0.3) is 0 Å². The summed E-state index contributed by atoms with van der Waals surface area (Å²) in [5.74, 6) is 0.838. The van der Waals surface area contributed by atoms with E-state index in [0.717, 1.165) is 11.4 Å². The molecule has 100 valence electrons. The average molecular weight is 256 g/mol. The summed E-state index contributed by atoms with van der Waals surface area (Å²) in [5.41, 5.74) is 9.33. The topological polar surface area (TPSA) is 47.3 Å². The number of aryl methyl sites for hydroxylation is 1. The van der Waals surface area contributed by atoms with Crippen LogP contribution < -0.4 is 15.8 Å². The van der Waals surface area contributed by atoms with Crippen molar-refractivity contribution in [1.82, 2.24) is 0 Å². The van der Waals surface area contributed by atoms with Crippen LogP contribution in [0.2, 0.25) is 0 Å². The Morgan fingerprint density at radius 3 is 2.63 bits per heavy atom. The van der Waals surface area contributed by atoms with E-state index in [1.807, 2.05) is 24.3 Å². The second kappa shape index (κ2) is 6.25. The van der Waals surface area contributed by atoms with Crippen molar-refractivity contribution in [1.29, 1.82) is 0 Å². The molecular weight excluding hydrogens is 236 g/mol. The zero-order chi connectivity index (χ0) is 13.7. The predicted molar refractivity (Wildman–Crippen MR) is 79.6 cm³/mol. The van der Waals surface area contributed by atoms with E-state index in [4.69, 9.17) is 10.5 Å². The third kappa shape index (κ3) is 3.48. The first-order valence-electron chi connectivity index (χ1n) is 6.40. The lowest BCUT2D eigenvalue weighted by molar-refractivity contribution is 0.415. The molecule has 0 bridgehead atoms. The molecule has 2 aromatic rings. The second-order valence-corrected chi connectivity index (χ2v) is 4.58. The van der Waals surface area contributed by atoms with E-state index in [0.29, 0.717) is 6.54 Å². The Hall–Kier alpha value is -2.00. The van der Waals surface area contributed by atoms with E-state index in [1.165, 1.54) is 11.1 Å². The van der Waals surface area contributed by atoms with Gasteiger partial charge in [0, 0.05) is 18.3 Å². The molecule has 0 aliphatic carbocycles. The number of benzene rings is 2. The average Bonchev–Trinajstić information content (AvgIpc) is 2.45. The van der Waals surface area contributed by atoms with Crippen molar-refractivity contribution in [2.24, 2.45) is 5.73 Å². The maximum Gasteiger partial charge on any atom is 0.120 e. The zero-order valence-corrected chi connectivity index (χ0v) is 11.4. The van der Waals surface area contributed by atoms with Crippen molar-refractivity contribution in [2.75, 3.05) is 19.0 Å². The maximum absolute atomic E-state index is 5.88. The highest BCUT2D eigenvalue weighted by molar-refractivity contribution is 5.50. The fourth-order valence-corrected chi connectivity index (χ4v) is 2.08. The number of hydrogen-bond donors (Lipinski definition) is 2. The minimum absolute atomic E-state index is 0.104. The summed E-state index contributed by atoms with van der Waals surface area (Å²) in [5, 5.41) is 3.44. The summed E-state index contributed by atoms with van der Waals surface area (Å²) in [6, 6.07) is 16.4. The molecule has 2 rings (SSSR count). The van der Waals surface area contributed by atoms with Crippen LogP contribution in [0.5, 0.6) is 5.75 Å². The number of nitrogens with two attached hydrogens (primary N) is 1. The lowest BCUT2D eigenvalue weighted by atomic mass is 10.0. The molecule has 0 aliphatic rings. The van der Waals surface area contributed by atoms with Crippen molar-refractivity contribution in [3.05, 3.63) is 59.7 Å². The van der Waals surface area contributed by atoms with Gasteiger partial charge in [0.05, 0.1) is 13.2 Å². The molecule has 2 aromatic carbocycles. The monoisotopic (exact) mass is 256 g/mol. The molecule has 1 atom stereocenters. The molecule has 0 saturated carbocycles. The van der Waals surface area contributed by atoms with Gasteiger partial charge in [-0.25, -0.2) is 0 Å². The van der Waals surface area contributed by atoms with E-state index in [2.05, 4.69) is 36.5 Å². The smallest absolute Gasteiger partial charge is 0.120 e. The van der Waals surface area contributed by atoms with Crippen LogP contribution in [0, 0.1) is 6.92 Å². The normalized spacial score (nSPS) is 11.9. The molecule has 0 amide bonds. The quantitative estimate of drug-likeness (QED) is 0.864. The van der Waals surface area contributed by atoms with Gasteiger partial charge in [-0.15, -0.1) is 0 Å². The highest BCUT2D eigenvalue weighted by Gasteiger charge is 2.09. The SMILES string of the molecule is COc1cccc(NC(CN)c2cccc(C)c2)c1. The summed E-state index contributed by atoms with van der Waals surface area (Å²) in [7, 11) is 1.67. The van der Waals surface area contributed by atoms with Crippen LogP contribution in [-0.2, 0) is 0 Å². The van der Waals surface area contributed by atoms with Crippen molar-refractivity contribution in [2.45, 2.75) is 13.0 Å². The summed E-state index contributed by atoms with van der Waals surface area (Å²) in [4.78, 5) is 0. The van der Waals surface area contributed by atoms with Crippen LogP contribution in [0.25, 0.3) is 0 Å². The molecule has 0 fully saturated rings. The van der Waals surface area contributed by atoms with Gasteiger partial charge < -0.3 is 15.8 Å². The Morgan fingerprint density at radius 1 is 1.16 bits per heavy atom. The molecule has 19 heavy (non-hydrogen) atoms. The molecule has 3 heteroatoms. The highest BCUT2D eigenvalue weighted by atomic mass is 16.5. The largest absolute Gasteiger partial charge is 0.497 e. The highest BCUT2D eigenvalue weighted by Crippen LogP contribution is 2.22. The van der Waals surface area contributed by atoms with Gasteiger partial charge in [-0.2, -0.15) is 0 Å². The molecule has 0 saturated heterocycles. The van der Waals surface area contributed by atoms with Crippen LogP contribution in [0.1, 0.15) is 17.2 Å². The Labute approximate surface area is 114 Å². The van der Waals surface area contributed by atoms with Crippen LogP contribution in [0.15, 0.2) is 48.5 Å². The number of methoxy groups -OCH3 is 1. The number of hydrogen-bond acceptors (Lipinski definition) is 3. The van der Waals surface area contributed by atoms with Crippen molar-refractivity contribution in [3.8, 4) is 5.75 Å². The zero-order valence-electron chi connectivity index (χ0n) is 11.4. The van der Waals surface area contributed by atoms with E-state index in [9.17, 15) is 0 Å². The number of anilines is 1. The fourth-order valence-electron chi connectivity index (χ4n) is 2.08. The Balaban J connectivity index is 2.18. The molecule has 0 heterocycles. The maximum atomic E-state index is 5.88. The predicted octanol–water partition coefficient (Wildman–Crippen LogP) is 3.12. The molecular formula is C16H20N2O. The Bertz CT molecular complexity index is 540. The standard InChI is InChI=1S/C16H20N2O/c1-12-5-3-6-13(9-12)16(11-17)18-14-7-4-8-15(10-14)19-2/h3-10,16,18H,11,17H2,1-2H3. The van der Waals surface area contributed by atoms with E-state index < -0.39 is 0 Å². The van der Waals surface area contributed by atoms with Crippen molar-refractivity contribution < 1.29 is 4.74 Å². The van der Waals surface area contributed by atoms with Gasteiger partial charge >= 0.3 is 0 Å². The Morgan fingerprint density at radius 2 is 1.95 bits per heavy atom. The van der Waals surface area contributed by atoms with Crippen LogP contribution >= 0.6 is 0 Å². The van der Waals surface area contributed by atoms with E-state index in [-0.39, 0.29) is 6.04 Å². The van der Waals surface area contributed by atoms with Gasteiger partial charge in [0.1, 0.15) is 5.75 Å². The summed E-state index contributed by atoms with van der Waals surface area (Å²) < 4.78 is 5.22. The van der Waals surface area contributed by atoms with E-state index >= 15 is 0 Å². The van der Waals surface area contributed by atoms with Gasteiger partial charge in [-0.1, -0.05) is 35.9 Å². The van der Waals surface area contributed by atoms with Crippen molar-refractivity contribution in [3.63, 3.8) is 0 Å². The minimum atomic E-state index is 0.104. The first-order chi connectivity index (χ1) is 9.22. The summed E-state index contributed by atoms with van der Waals surface area (Å²) >= 11 is 0. The van der Waals surface area contributed by atoms with Crippen LogP contribution in [-0.4, -0.2) is 13.7 Å². The van der Waals surface area contributed by atoms with Crippen LogP contribution in [0.4, 0.5) is 5.69 Å². The van der Waals surface area contributed by atoms with Crippen molar-refractivity contribution >= 4 is 5.69 Å². The lowest BCUT2D eigenvalue weighted by Gasteiger charge is -2.19. The molecule has 0 aromatic heterocycles. The van der Waals surface area contributed by atoms with Gasteiger partial charge in [0.15, 0.2) is 0 Å². The third-order valence-corrected chi connectivity index (χ3v) is 3.09. The molecule has 0 aliphatic heterocycles. The molecule has 0 radical (unpaired) electrons. The summed E-state index contributed by atoms with van der Waals surface area (Å²) in [6.45, 7) is 2.63. The van der Waals surface area contributed by atoms with Gasteiger partial charge in [-0.3, -0.25) is 0 Å². The minimum Gasteiger partial charge on any atom is -0.497 e. The molecule has 1 unspecified atom stereocenters. The molecule has 0 spiro atoms. The second-order valence-electron chi connectivity index (χ2n) is 4.58. The van der Waals surface area contributed by atoms with E-state index in [1.54, 1.807) is 7.11 Å². The first-order valence-corrected chi connectivity index (χ1v) is 6.40. The number of nitrogens with one attached hydrogen (secondary N) is 1. The molecule has 3 nitrogen and oxygen atoms in total. The Kier molecular flexibility index (Phi) is 4.42. The molecule has 3 N–H and O–H groups in total. The fraction of sp³-hybridized carbons (Fsp3) is 0.250. The van der Waals surface area contributed by atoms with Gasteiger partial charge in [0.2, 0.25) is 0 Å². The van der Waals surface area contributed by atoms with Gasteiger partial charge in [-0.05, 0) is 24.6 Å². The number of ether oxygens (including phenoxy) is 1. The van der Waals surface area contributed by atoms with Crippen LogP contribution in [0.3, 0.4) is 0 Å². The third-order valence-electron chi connectivity index (χ3n) is 3.09. The first kappa shape index (κ1) is 13.4. The summed E-state index contributed by atoms with van der Waals surface area (Å²) in [6.07, 6.45) is 0.